The van der Waals surface area contributed by atoms with Gasteiger partial charge >= 0.3 is 0 Å². The van der Waals surface area contributed by atoms with E-state index in [9.17, 15) is 4.79 Å². The monoisotopic (exact) mass is 254 g/mol. The highest BCUT2D eigenvalue weighted by atomic mass is 32.2. The number of nitrogens with two attached hydrogens (primary N) is 1. The van der Waals surface area contributed by atoms with Gasteiger partial charge in [-0.1, -0.05) is 12.1 Å². The molecule has 1 atom stereocenters. The lowest BCUT2D eigenvalue weighted by Gasteiger charge is -2.20. The van der Waals surface area contributed by atoms with Crippen LogP contribution in [0.4, 0.5) is 0 Å². The van der Waals surface area contributed by atoms with Crippen LogP contribution in [-0.4, -0.2) is 41.9 Å². The molecule has 0 fully saturated rings. The molecule has 0 aliphatic carbocycles. The van der Waals surface area contributed by atoms with Gasteiger partial charge in [0.1, 0.15) is 6.04 Å². The first-order valence-corrected chi connectivity index (χ1v) is 6.55. The molecule has 0 spiro atoms. The second-order valence-electron chi connectivity index (χ2n) is 3.83. The summed E-state index contributed by atoms with van der Waals surface area (Å²) >= 11 is 1.68. The summed E-state index contributed by atoms with van der Waals surface area (Å²) in [6, 6.07) is 7.18. The second kappa shape index (κ2) is 6.64. The summed E-state index contributed by atoms with van der Waals surface area (Å²) in [7, 11) is 1.68. The van der Waals surface area contributed by atoms with Crippen molar-refractivity contribution in [3.63, 3.8) is 0 Å². The van der Waals surface area contributed by atoms with Gasteiger partial charge < -0.3 is 15.7 Å². The molecule has 4 nitrogen and oxygen atoms in total. The topological polar surface area (TPSA) is 66.6 Å². The summed E-state index contributed by atoms with van der Waals surface area (Å²) in [4.78, 5) is 14.4. The van der Waals surface area contributed by atoms with Crippen molar-refractivity contribution in [3.05, 3.63) is 29.8 Å². The highest BCUT2D eigenvalue weighted by molar-refractivity contribution is 7.98. The first-order valence-electron chi connectivity index (χ1n) is 5.32. The van der Waals surface area contributed by atoms with Crippen molar-refractivity contribution in [1.29, 1.82) is 0 Å². The van der Waals surface area contributed by atoms with Gasteiger partial charge in [0.05, 0.1) is 6.61 Å². The number of hydrogen-bond donors (Lipinski definition) is 2. The van der Waals surface area contributed by atoms with Gasteiger partial charge in [0.25, 0.3) is 0 Å². The molecule has 94 valence electrons. The number of carbonyl (C=O) groups is 1. The van der Waals surface area contributed by atoms with E-state index in [0.717, 1.165) is 5.56 Å². The number of aliphatic hydroxyl groups excluding tert-OH is 1. The van der Waals surface area contributed by atoms with Crippen LogP contribution in [0.1, 0.15) is 5.56 Å². The summed E-state index contributed by atoms with van der Waals surface area (Å²) < 4.78 is 0. The largest absolute Gasteiger partial charge is 0.394 e. The lowest BCUT2D eigenvalue weighted by atomic mass is 10.2. The number of amides is 1. The van der Waals surface area contributed by atoms with Crippen molar-refractivity contribution >= 4 is 17.7 Å². The molecule has 1 rings (SSSR count). The van der Waals surface area contributed by atoms with Gasteiger partial charge in [-0.3, -0.25) is 4.79 Å². The molecule has 3 N–H and O–H groups in total. The number of thioether (sulfide) groups is 1. The smallest absolute Gasteiger partial charge is 0.241 e. The molecule has 17 heavy (non-hydrogen) atoms. The molecule has 0 bridgehead atoms. The van der Waals surface area contributed by atoms with E-state index >= 15 is 0 Å². The van der Waals surface area contributed by atoms with Crippen molar-refractivity contribution in [2.75, 3.05) is 19.9 Å². The summed E-state index contributed by atoms with van der Waals surface area (Å²) in [6.45, 7) is 0.176. The minimum Gasteiger partial charge on any atom is -0.394 e. The van der Waals surface area contributed by atoms with E-state index in [-0.39, 0.29) is 12.5 Å². The molecule has 0 aromatic heterocycles. The Morgan fingerprint density at radius 3 is 2.53 bits per heavy atom. The minimum atomic E-state index is -0.828. The molecule has 1 amide bonds. The zero-order valence-electron chi connectivity index (χ0n) is 10.1. The quantitative estimate of drug-likeness (QED) is 0.759. The highest BCUT2D eigenvalue weighted by Crippen LogP contribution is 2.15. The van der Waals surface area contributed by atoms with E-state index < -0.39 is 6.04 Å². The fourth-order valence-electron chi connectivity index (χ4n) is 1.44. The Morgan fingerprint density at radius 1 is 1.47 bits per heavy atom. The Bertz CT molecular complexity index is 367. The van der Waals surface area contributed by atoms with Crippen molar-refractivity contribution in [3.8, 4) is 0 Å². The third-order valence-corrected chi connectivity index (χ3v) is 3.21. The van der Waals surface area contributed by atoms with E-state index in [1.54, 1.807) is 18.8 Å². The summed E-state index contributed by atoms with van der Waals surface area (Å²) in [6.07, 6.45) is 2.02. The third-order valence-electron chi connectivity index (χ3n) is 2.47. The molecule has 1 aromatic rings. The first kappa shape index (κ1) is 14.0. The maximum Gasteiger partial charge on any atom is 0.241 e. The molecule has 0 saturated heterocycles. The van der Waals surface area contributed by atoms with E-state index in [0.29, 0.717) is 6.54 Å². The molecular formula is C12H18N2O2S. The normalized spacial score (nSPS) is 12.2. The molecular weight excluding hydrogens is 236 g/mol. The van der Waals surface area contributed by atoms with Gasteiger partial charge in [0.2, 0.25) is 5.91 Å². The van der Waals surface area contributed by atoms with Crippen molar-refractivity contribution in [1.82, 2.24) is 4.90 Å². The molecule has 0 aliphatic rings. The van der Waals surface area contributed by atoms with E-state index in [1.165, 1.54) is 9.80 Å². The van der Waals surface area contributed by atoms with Crippen LogP contribution in [-0.2, 0) is 11.3 Å². The standard InChI is InChI=1S/C12H18N2O2S/c1-14(12(16)11(13)8-15)7-9-3-5-10(17-2)6-4-9/h3-6,11,15H,7-8,13H2,1-2H3. The van der Waals surface area contributed by atoms with Gasteiger partial charge in [-0.15, -0.1) is 11.8 Å². The number of benzene rings is 1. The van der Waals surface area contributed by atoms with Crippen molar-refractivity contribution in [2.45, 2.75) is 17.5 Å². The average Bonchev–Trinajstić information content (AvgIpc) is 2.37. The molecule has 1 unspecified atom stereocenters. The fourth-order valence-corrected chi connectivity index (χ4v) is 1.85. The molecule has 0 aliphatic heterocycles. The van der Waals surface area contributed by atoms with Crippen LogP contribution in [0.15, 0.2) is 29.2 Å². The molecule has 0 radical (unpaired) electrons. The maximum atomic E-state index is 11.6. The average molecular weight is 254 g/mol. The lowest BCUT2D eigenvalue weighted by Crippen LogP contribution is -2.43. The second-order valence-corrected chi connectivity index (χ2v) is 4.71. The highest BCUT2D eigenvalue weighted by Gasteiger charge is 2.16. The van der Waals surface area contributed by atoms with E-state index in [4.69, 9.17) is 10.8 Å². The van der Waals surface area contributed by atoms with Crippen LogP contribution < -0.4 is 5.73 Å². The Labute approximate surface area is 106 Å². The Kier molecular flexibility index (Phi) is 5.47. The van der Waals surface area contributed by atoms with Crippen LogP contribution in [0, 0.1) is 0 Å². The molecule has 0 heterocycles. The number of likely N-dealkylation sites (N-methyl/N-ethyl adjacent to an activating group) is 1. The minimum absolute atomic E-state index is 0.249. The third kappa shape index (κ3) is 4.03. The Morgan fingerprint density at radius 2 is 2.06 bits per heavy atom. The van der Waals surface area contributed by atoms with Crippen LogP contribution >= 0.6 is 11.8 Å². The predicted molar refractivity (Wildman–Crippen MR) is 69.8 cm³/mol. The van der Waals surface area contributed by atoms with Crippen LogP contribution in [0.3, 0.4) is 0 Å². The first-order chi connectivity index (χ1) is 8.08. The molecule has 1 aromatic carbocycles. The fraction of sp³-hybridized carbons (Fsp3) is 0.417. The molecule has 5 heteroatoms. The summed E-state index contributed by atoms with van der Waals surface area (Å²) in [5, 5.41) is 8.81. The zero-order chi connectivity index (χ0) is 12.8. The van der Waals surface area contributed by atoms with Crippen molar-refractivity contribution in [2.24, 2.45) is 5.73 Å². The van der Waals surface area contributed by atoms with Gasteiger partial charge in [-0.05, 0) is 24.0 Å². The Balaban J connectivity index is 2.61. The number of carbonyl (C=O) groups excluding carboxylic acids is 1. The SMILES string of the molecule is CSc1ccc(CN(C)C(=O)C(N)CO)cc1. The summed E-state index contributed by atoms with van der Waals surface area (Å²) in [5.41, 5.74) is 6.52. The van der Waals surface area contributed by atoms with Gasteiger partial charge in [0, 0.05) is 18.5 Å². The Hall–Kier alpha value is -1.04. The lowest BCUT2D eigenvalue weighted by molar-refractivity contribution is -0.132. The van der Waals surface area contributed by atoms with E-state index in [1.807, 2.05) is 30.5 Å². The molecule has 0 saturated carbocycles. The number of hydrogen-bond acceptors (Lipinski definition) is 4. The van der Waals surface area contributed by atoms with Crippen molar-refractivity contribution < 1.29 is 9.90 Å². The van der Waals surface area contributed by atoms with Crippen LogP contribution in [0.2, 0.25) is 0 Å². The van der Waals surface area contributed by atoms with Gasteiger partial charge in [0.15, 0.2) is 0 Å². The predicted octanol–water partition coefficient (Wildman–Crippen LogP) is 0.687. The van der Waals surface area contributed by atoms with Gasteiger partial charge in [-0.25, -0.2) is 0 Å². The maximum absolute atomic E-state index is 11.6. The van der Waals surface area contributed by atoms with Crippen LogP contribution in [0.5, 0.6) is 0 Å². The van der Waals surface area contributed by atoms with Gasteiger partial charge in [-0.2, -0.15) is 0 Å². The number of aliphatic hydroxyl groups is 1. The van der Waals surface area contributed by atoms with Crippen LogP contribution in [0.25, 0.3) is 0 Å². The zero-order valence-corrected chi connectivity index (χ0v) is 10.9. The number of rotatable bonds is 5. The number of nitrogens with zero attached hydrogens (tertiary/aromatic N) is 1. The van der Waals surface area contributed by atoms with E-state index in [2.05, 4.69) is 0 Å². The summed E-state index contributed by atoms with van der Waals surface area (Å²) in [5.74, 6) is -0.249.